The smallest absolute Gasteiger partial charge is 0.299 e. The summed E-state index contributed by atoms with van der Waals surface area (Å²) in [6.07, 6.45) is 0.685. The zero-order valence-corrected chi connectivity index (χ0v) is 19.7. The van der Waals surface area contributed by atoms with E-state index < -0.39 is 0 Å². The number of methoxy groups -OCH3 is 2. The standard InChI is InChI=1S/C25H30N6O3/c1-4-28-24(32)22-23(29-15-20(27)13-17-8-6-5-7-9-17)30-25(34-3)31(22)16-18-10-11-21(33-2)19(12-18)14-26/h5-12,20,29H,4,13,15-16,27H2,1-3H3,(H,28,32)/t20-/m1/s1. The van der Waals surface area contributed by atoms with E-state index in [1.165, 1.54) is 14.2 Å². The SMILES string of the molecule is CCNC(=O)c1c(NC[C@H](N)Cc2ccccc2)nc(OC)n1Cc1ccc(OC)c(C#N)c1. The maximum absolute atomic E-state index is 13.0. The number of hydrogen-bond acceptors (Lipinski definition) is 7. The van der Waals surface area contributed by atoms with Gasteiger partial charge in [0, 0.05) is 19.1 Å². The molecule has 0 radical (unpaired) electrons. The summed E-state index contributed by atoms with van der Waals surface area (Å²) in [6.45, 7) is 3.00. The van der Waals surface area contributed by atoms with Gasteiger partial charge in [-0.25, -0.2) is 0 Å². The van der Waals surface area contributed by atoms with Crippen molar-refractivity contribution in [2.24, 2.45) is 5.73 Å². The summed E-state index contributed by atoms with van der Waals surface area (Å²) in [7, 11) is 3.02. The Balaban J connectivity index is 1.88. The average molecular weight is 463 g/mol. The molecule has 9 heteroatoms. The maximum Gasteiger partial charge on any atom is 0.299 e. The van der Waals surface area contributed by atoms with Crippen LogP contribution < -0.4 is 25.8 Å². The van der Waals surface area contributed by atoms with Gasteiger partial charge in [-0.05, 0) is 36.6 Å². The van der Waals surface area contributed by atoms with Crippen LogP contribution in [-0.2, 0) is 13.0 Å². The van der Waals surface area contributed by atoms with Crippen LogP contribution in [0.1, 0.15) is 34.1 Å². The van der Waals surface area contributed by atoms with E-state index in [2.05, 4.69) is 21.7 Å². The van der Waals surface area contributed by atoms with Gasteiger partial charge in [0.2, 0.25) is 0 Å². The number of nitrogens with zero attached hydrogens (tertiary/aromatic N) is 3. The minimum atomic E-state index is -0.286. The Labute approximate surface area is 199 Å². The molecule has 0 bridgehead atoms. The number of imidazole rings is 1. The van der Waals surface area contributed by atoms with Crippen LogP contribution in [0.3, 0.4) is 0 Å². The molecule has 3 aromatic rings. The van der Waals surface area contributed by atoms with Crippen LogP contribution in [0.2, 0.25) is 0 Å². The number of hydrogen-bond donors (Lipinski definition) is 3. The van der Waals surface area contributed by atoms with E-state index in [1.807, 2.05) is 43.3 Å². The van der Waals surface area contributed by atoms with Crippen molar-refractivity contribution in [3.8, 4) is 17.8 Å². The molecule has 0 aliphatic rings. The quantitative estimate of drug-likeness (QED) is 0.400. The summed E-state index contributed by atoms with van der Waals surface area (Å²) in [5.74, 6) is 0.592. The molecule has 0 unspecified atom stereocenters. The Morgan fingerprint density at radius 1 is 1.18 bits per heavy atom. The lowest BCUT2D eigenvalue weighted by atomic mass is 10.1. The molecule has 2 aromatic carbocycles. The highest BCUT2D eigenvalue weighted by Gasteiger charge is 2.24. The first-order chi connectivity index (χ1) is 16.5. The second-order valence-corrected chi connectivity index (χ2v) is 7.72. The summed E-state index contributed by atoms with van der Waals surface area (Å²) in [4.78, 5) is 17.5. The van der Waals surface area contributed by atoms with Gasteiger partial charge in [-0.1, -0.05) is 36.4 Å². The van der Waals surface area contributed by atoms with Crippen LogP contribution >= 0.6 is 0 Å². The molecule has 9 nitrogen and oxygen atoms in total. The molecule has 1 aromatic heterocycles. The fourth-order valence-electron chi connectivity index (χ4n) is 3.67. The minimum Gasteiger partial charge on any atom is -0.495 e. The van der Waals surface area contributed by atoms with Crippen LogP contribution in [-0.4, -0.2) is 48.8 Å². The first-order valence-electron chi connectivity index (χ1n) is 11.0. The number of nitriles is 1. The van der Waals surface area contributed by atoms with Gasteiger partial charge in [0.05, 0.1) is 26.3 Å². The van der Waals surface area contributed by atoms with Crippen LogP contribution in [0.5, 0.6) is 11.8 Å². The summed E-state index contributed by atoms with van der Waals surface area (Å²) in [6, 6.07) is 17.5. The molecule has 1 amide bonds. The van der Waals surface area contributed by atoms with Gasteiger partial charge in [-0.3, -0.25) is 9.36 Å². The van der Waals surface area contributed by atoms with E-state index in [9.17, 15) is 10.1 Å². The lowest BCUT2D eigenvalue weighted by Gasteiger charge is -2.15. The molecule has 0 saturated carbocycles. The van der Waals surface area contributed by atoms with Crippen molar-refractivity contribution in [2.45, 2.75) is 25.9 Å². The lowest BCUT2D eigenvalue weighted by molar-refractivity contribution is 0.0946. The molecule has 0 saturated heterocycles. The molecular formula is C25H30N6O3. The van der Waals surface area contributed by atoms with Crippen LogP contribution in [0, 0.1) is 11.3 Å². The molecule has 0 aliphatic carbocycles. The van der Waals surface area contributed by atoms with Crippen molar-refractivity contribution in [3.05, 3.63) is 70.9 Å². The molecule has 0 spiro atoms. The van der Waals surface area contributed by atoms with E-state index >= 15 is 0 Å². The number of nitrogens with one attached hydrogen (secondary N) is 2. The topological polar surface area (TPSA) is 127 Å². The third kappa shape index (κ3) is 5.85. The summed E-state index contributed by atoms with van der Waals surface area (Å²) < 4.78 is 12.4. The molecule has 3 rings (SSSR count). The van der Waals surface area contributed by atoms with Gasteiger partial charge in [0.1, 0.15) is 11.8 Å². The number of carbonyl (C=O) groups is 1. The van der Waals surface area contributed by atoms with Crippen molar-refractivity contribution in [1.29, 1.82) is 5.26 Å². The van der Waals surface area contributed by atoms with E-state index in [0.717, 1.165) is 11.1 Å². The number of benzene rings is 2. The number of anilines is 1. The van der Waals surface area contributed by atoms with Crippen LogP contribution in [0.15, 0.2) is 48.5 Å². The predicted molar refractivity (Wildman–Crippen MR) is 130 cm³/mol. The summed E-state index contributed by atoms with van der Waals surface area (Å²) in [5.41, 5.74) is 9.00. The molecule has 178 valence electrons. The van der Waals surface area contributed by atoms with Crippen molar-refractivity contribution >= 4 is 11.7 Å². The highest BCUT2D eigenvalue weighted by Crippen LogP contribution is 2.26. The molecule has 0 aliphatic heterocycles. The molecular weight excluding hydrogens is 432 g/mol. The number of carbonyl (C=O) groups excluding carboxylic acids is 1. The number of ether oxygens (including phenoxy) is 2. The third-order valence-electron chi connectivity index (χ3n) is 5.26. The van der Waals surface area contributed by atoms with Crippen LogP contribution in [0.4, 0.5) is 5.82 Å². The van der Waals surface area contributed by atoms with E-state index in [4.69, 9.17) is 15.2 Å². The van der Waals surface area contributed by atoms with Crippen molar-refractivity contribution in [3.63, 3.8) is 0 Å². The largest absolute Gasteiger partial charge is 0.495 e. The zero-order chi connectivity index (χ0) is 24.5. The van der Waals surface area contributed by atoms with Crippen molar-refractivity contribution in [1.82, 2.24) is 14.9 Å². The van der Waals surface area contributed by atoms with Crippen molar-refractivity contribution in [2.75, 3.05) is 32.6 Å². The van der Waals surface area contributed by atoms with E-state index in [0.29, 0.717) is 42.3 Å². The van der Waals surface area contributed by atoms with Gasteiger partial charge in [-0.15, -0.1) is 0 Å². The third-order valence-corrected chi connectivity index (χ3v) is 5.26. The number of amides is 1. The van der Waals surface area contributed by atoms with Gasteiger partial charge in [0.25, 0.3) is 11.9 Å². The lowest BCUT2D eigenvalue weighted by Crippen LogP contribution is -2.32. The Morgan fingerprint density at radius 3 is 2.59 bits per heavy atom. The summed E-state index contributed by atoms with van der Waals surface area (Å²) >= 11 is 0. The Hall–Kier alpha value is -4.03. The monoisotopic (exact) mass is 462 g/mol. The van der Waals surface area contributed by atoms with E-state index in [1.54, 1.807) is 16.7 Å². The minimum absolute atomic E-state index is 0.180. The van der Waals surface area contributed by atoms with Gasteiger partial charge >= 0.3 is 0 Å². The Morgan fingerprint density at radius 2 is 1.94 bits per heavy atom. The van der Waals surface area contributed by atoms with Gasteiger partial charge < -0.3 is 25.8 Å². The first kappa shape index (κ1) is 24.6. The fourth-order valence-corrected chi connectivity index (χ4v) is 3.67. The predicted octanol–water partition coefficient (Wildman–Crippen LogP) is 2.55. The average Bonchev–Trinajstić information content (AvgIpc) is 3.20. The molecule has 4 N–H and O–H groups in total. The molecule has 1 heterocycles. The second-order valence-electron chi connectivity index (χ2n) is 7.72. The summed E-state index contributed by atoms with van der Waals surface area (Å²) in [5, 5.41) is 15.5. The number of aromatic nitrogens is 2. The van der Waals surface area contributed by atoms with Crippen LogP contribution in [0.25, 0.3) is 0 Å². The Kier molecular flexibility index (Phi) is 8.48. The molecule has 0 fully saturated rings. The second kappa shape index (κ2) is 11.7. The van der Waals surface area contributed by atoms with Crippen molar-refractivity contribution < 1.29 is 14.3 Å². The van der Waals surface area contributed by atoms with Gasteiger partial charge in [0.15, 0.2) is 11.5 Å². The zero-order valence-electron chi connectivity index (χ0n) is 19.7. The molecule has 34 heavy (non-hydrogen) atoms. The van der Waals surface area contributed by atoms with Gasteiger partial charge in [-0.2, -0.15) is 10.2 Å². The maximum atomic E-state index is 13.0. The molecule has 1 atom stereocenters. The van der Waals surface area contributed by atoms with E-state index in [-0.39, 0.29) is 24.5 Å². The number of rotatable bonds is 11. The highest BCUT2D eigenvalue weighted by molar-refractivity contribution is 5.97. The first-order valence-corrected chi connectivity index (χ1v) is 11.0. The fraction of sp³-hybridized carbons (Fsp3) is 0.320. The highest BCUT2D eigenvalue weighted by atomic mass is 16.5. The number of nitrogens with two attached hydrogens (primary N) is 1. The normalized spacial score (nSPS) is 11.4. The Bertz CT molecular complexity index is 1150.